The maximum Gasteiger partial charge on any atom is 0.259 e. The Morgan fingerprint density at radius 3 is 3.07 bits per heavy atom. The van der Waals surface area contributed by atoms with Crippen LogP contribution in [-0.2, 0) is 11.3 Å². The number of fused-ring (bicyclic) bond motifs is 1. The van der Waals surface area contributed by atoms with Gasteiger partial charge in [0, 0.05) is 18.6 Å². The lowest BCUT2D eigenvalue weighted by Gasteiger charge is -2.30. The van der Waals surface area contributed by atoms with Crippen molar-refractivity contribution in [2.75, 3.05) is 18.1 Å². The molecule has 0 N–H and O–H groups in total. The molecule has 0 spiro atoms. The summed E-state index contributed by atoms with van der Waals surface area (Å²) >= 11 is 0. The molecule has 0 radical (unpaired) electrons. The maximum atomic E-state index is 12.9. The van der Waals surface area contributed by atoms with Gasteiger partial charge in [0.1, 0.15) is 24.6 Å². The molecule has 1 aliphatic rings. The zero-order valence-electron chi connectivity index (χ0n) is 16.2. The van der Waals surface area contributed by atoms with E-state index in [1.54, 1.807) is 40.5 Å². The molecule has 0 aliphatic carbocycles. The van der Waals surface area contributed by atoms with Crippen LogP contribution in [-0.4, -0.2) is 43.7 Å². The first kappa shape index (κ1) is 18.0. The predicted octanol–water partition coefficient (Wildman–Crippen LogP) is 2.73. The van der Waals surface area contributed by atoms with Crippen LogP contribution in [0.1, 0.15) is 5.56 Å². The summed E-state index contributed by atoms with van der Waals surface area (Å²) in [7, 11) is 0. The van der Waals surface area contributed by atoms with E-state index in [2.05, 4.69) is 20.1 Å². The molecule has 9 nitrogen and oxygen atoms in total. The fourth-order valence-corrected chi connectivity index (χ4v) is 3.32. The third-order valence-electron chi connectivity index (χ3n) is 4.79. The first-order valence-electron chi connectivity index (χ1n) is 9.47. The molecule has 0 saturated carbocycles. The number of hydrogen-bond acceptors (Lipinski definition) is 7. The van der Waals surface area contributed by atoms with Gasteiger partial charge < -0.3 is 18.7 Å². The standard InChI is InChI=1S/C21H18N6O3/c1-14-4-5-18-17(9-14)27(7-8-29-18)19(28)12-26-11-16(23-13-26)20-24-21(30-25-20)15-3-2-6-22-10-15/h2-6,9-11,13H,7-8,12H2,1H3. The van der Waals surface area contributed by atoms with Crippen LogP contribution in [0.3, 0.4) is 0 Å². The van der Waals surface area contributed by atoms with Crippen molar-refractivity contribution in [3.8, 4) is 28.7 Å². The highest BCUT2D eigenvalue weighted by Gasteiger charge is 2.24. The summed E-state index contributed by atoms with van der Waals surface area (Å²) in [5.74, 6) is 1.40. The summed E-state index contributed by atoms with van der Waals surface area (Å²) in [5.41, 5.74) is 3.13. The molecule has 0 bridgehead atoms. The van der Waals surface area contributed by atoms with Crippen LogP contribution in [0.25, 0.3) is 23.0 Å². The fraction of sp³-hybridized carbons (Fsp3) is 0.190. The monoisotopic (exact) mass is 402 g/mol. The minimum atomic E-state index is -0.0433. The molecule has 5 rings (SSSR count). The van der Waals surface area contributed by atoms with E-state index in [-0.39, 0.29) is 12.5 Å². The summed E-state index contributed by atoms with van der Waals surface area (Å²) < 4.78 is 12.7. The van der Waals surface area contributed by atoms with Crippen LogP contribution in [0.4, 0.5) is 5.69 Å². The number of benzene rings is 1. The normalized spacial score (nSPS) is 13.0. The zero-order chi connectivity index (χ0) is 20.5. The van der Waals surface area contributed by atoms with Gasteiger partial charge in [0.2, 0.25) is 11.7 Å². The number of carbonyl (C=O) groups is 1. The molecule has 1 aliphatic heterocycles. The Balaban J connectivity index is 1.33. The second kappa shape index (κ2) is 7.43. The molecule has 150 valence electrons. The van der Waals surface area contributed by atoms with E-state index in [0.717, 1.165) is 22.6 Å². The van der Waals surface area contributed by atoms with Crippen LogP contribution in [0.15, 0.2) is 59.8 Å². The summed E-state index contributed by atoms with van der Waals surface area (Å²) in [4.78, 5) is 27.4. The number of nitrogens with zero attached hydrogens (tertiary/aromatic N) is 6. The predicted molar refractivity (Wildman–Crippen MR) is 108 cm³/mol. The summed E-state index contributed by atoms with van der Waals surface area (Å²) in [6.07, 6.45) is 6.64. The third-order valence-corrected chi connectivity index (χ3v) is 4.79. The lowest BCUT2D eigenvalue weighted by Crippen LogP contribution is -2.39. The van der Waals surface area contributed by atoms with Crippen molar-refractivity contribution < 1.29 is 14.1 Å². The van der Waals surface area contributed by atoms with E-state index in [4.69, 9.17) is 9.26 Å². The molecule has 0 atom stereocenters. The Morgan fingerprint density at radius 2 is 2.20 bits per heavy atom. The smallest absolute Gasteiger partial charge is 0.259 e. The fourth-order valence-electron chi connectivity index (χ4n) is 3.32. The van der Waals surface area contributed by atoms with Crippen LogP contribution >= 0.6 is 0 Å². The third kappa shape index (κ3) is 3.41. The van der Waals surface area contributed by atoms with Gasteiger partial charge in [-0.1, -0.05) is 11.2 Å². The van der Waals surface area contributed by atoms with E-state index in [0.29, 0.717) is 30.6 Å². The van der Waals surface area contributed by atoms with E-state index in [9.17, 15) is 4.79 Å². The van der Waals surface area contributed by atoms with Gasteiger partial charge in [0.25, 0.3) is 5.89 Å². The van der Waals surface area contributed by atoms with Gasteiger partial charge in [0.15, 0.2) is 0 Å². The molecular formula is C21H18N6O3. The number of aromatic nitrogens is 5. The molecule has 1 aromatic carbocycles. The van der Waals surface area contributed by atoms with E-state index in [1.165, 1.54) is 0 Å². The highest BCUT2D eigenvalue weighted by Crippen LogP contribution is 2.32. The number of pyridine rings is 1. The number of aryl methyl sites for hydroxylation is 1. The Labute approximate surface area is 171 Å². The second-order valence-electron chi connectivity index (χ2n) is 6.96. The first-order chi connectivity index (χ1) is 14.7. The maximum absolute atomic E-state index is 12.9. The molecular weight excluding hydrogens is 384 g/mol. The van der Waals surface area contributed by atoms with Gasteiger partial charge in [-0.3, -0.25) is 9.78 Å². The molecule has 30 heavy (non-hydrogen) atoms. The van der Waals surface area contributed by atoms with Crippen LogP contribution in [0.5, 0.6) is 5.75 Å². The summed E-state index contributed by atoms with van der Waals surface area (Å²) in [5, 5.41) is 3.98. The lowest BCUT2D eigenvalue weighted by atomic mass is 10.1. The molecule has 4 aromatic rings. The summed E-state index contributed by atoms with van der Waals surface area (Å²) in [6.45, 7) is 3.12. The van der Waals surface area contributed by atoms with Crippen molar-refractivity contribution >= 4 is 11.6 Å². The van der Waals surface area contributed by atoms with Crippen LogP contribution in [0.2, 0.25) is 0 Å². The average molecular weight is 402 g/mol. The number of anilines is 1. The van der Waals surface area contributed by atoms with Gasteiger partial charge in [-0.25, -0.2) is 4.98 Å². The zero-order valence-corrected chi connectivity index (χ0v) is 16.2. The van der Waals surface area contributed by atoms with Crippen molar-refractivity contribution in [2.24, 2.45) is 0 Å². The minimum Gasteiger partial charge on any atom is -0.490 e. The quantitative estimate of drug-likeness (QED) is 0.517. The number of amides is 1. The van der Waals surface area contributed by atoms with E-state index in [1.807, 2.05) is 31.2 Å². The molecule has 9 heteroatoms. The van der Waals surface area contributed by atoms with Crippen LogP contribution < -0.4 is 9.64 Å². The van der Waals surface area contributed by atoms with E-state index >= 15 is 0 Å². The molecule has 1 amide bonds. The molecule has 4 heterocycles. The van der Waals surface area contributed by atoms with Crippen molar-refractivity contribution in [1.29, 1.82) is 0 Å². The lowest BCUT2D eigenvalue weighted by molar-refractivity contribution is -0.119. The van der Waals surface area contributed by atoms with Gasteiger partial charge in [0.05, 0.1) is 24.1 Å². The Hall–Kier alpha value is -4.01. The average Bonchev–Trinajstić information content (AvgIpc) is 3.43. The number of imidazole rings is 1. The van der Waals surface area contributed by atoms with Gasteiger partial charge in [-0.05, 0) is 36.8 Å². The highest BCUT2D eigenvalue weighted by atomic mass is 16.5. The Morgan fingerprint density at radius 1 is 1.27 bits per heavy atom. The number of rotatable bonds is 4. The second-order valence-corrected chi connectivity index (χ2v) is 6.96. The molecule has 0 unspecified atom stereocenters. The number of carbonyl (C=O) groups excluding carboxylic acids is 1. The largest absolute Gasteiger partial charge is 0.490 e. The highest BCUT2D eigenvalue weighted by molar-refractivity contribution is 5.95. The number of hydrogen-bond donors (Lipinski definition) is 0. The van der Waals surface area contributed by atoms with E-state index < -0.39 is 0 Å². The molecule has 0 fully saturated rings. The molecule has 3 aromatic heterocycles. The van der Waals surface area contributed by atoms with Crippen molar-refractivity contribution in [3.63, 3.8) is 0 Å². The van der Waals surface area contributed by atoms with Crippen molar-refractivity contribution in [1.82, 2.24) is 24.7 Å². The summed E-state index contributed by atoms with van der Waals surface area (Å²) in [6, 6.07) is 9.47. The van der Waals surface area contributed by atoms with Gasteiger partial charge in [-0.15, -0.1) is 0 Å². The molecule has 0 saturated heterocycles. The van der Waals surface area contributed by atoms with Crippen molar-refractivity contribution in [3.05, 3.63) is 60.8 Å². The van der Waals surface area contributed by atoms with Crippen molar-refractivity contribution in [2.45, 2.75) is 13.5 Å². The Bertz CT molecular complexity index is 1200. The Kier molecular flexibility index (Phi) is 4.47. The topological polar surface area (TPSA) is 99.2 Å². The van der Waals surface area contributed by atoms with Gasteiger partial charge >= 0.3 is 0 Å². The minimum absolute atomic E-state index is 0.0433. The number of ether oxygens (including phenoxy) is 1. The van der Waals surface area contributed by atoms with Crippen LogP contribution in [0, 0.1) is 6.92 Å². The van der Waals surface area contributed by atoms with Gasteiger partial charge in [-0.2, -0.15) is 4.98 Å². The first-order valence-corrected chi connectivity index (χ1v) is 9.47. The SMILES string of the molecule is Cc1ccc2c(c1)N(C(=O)Cn1cnc(-c3noc(-c4cccnc4)n3)c1)CCO2.